The lowest BCUT2D eigenvalue weighted by atomic mass is 10.1. The summed E-state index contributed by atoms with van der Waals surface area (Å²) in [6, 6.07) is 12.8. The van der Waals surface area contributed by atoms with Gasteiger partial charge in [0.05, 0.1) is 17.3 Å². The number of nitrogens with zero attached hydrogens (tertiary/aromatic N) is 5. The Balaban J connectivity index is 1.88. The molecule has 7 nitrogen and oxygen atoms in total. The van der Waals surface area contributed by atoms with Crippen LogP contribution in [-0.2, 0) is 6.42 Å². The van der Waals surface area contributed by atoms with Crippen molar-refractivity contribution in [2.75, 3.05) is 11.5 Å². The van der Waals surface area contributed by atoms with E-state index in [4.69, 9.17) is 11.5 Å². The molecule has 4 rings (SSSR count). The van der Waals surface area contributed by atoms with Crippen molar-refractivity contribution in [3.63, 3.8) is 0 Å². The molecule has 3 aromatic heterocycles. The fourth-order valence-electron chi connectivity index (χ4n) is 2.63. The highest BCUT2D eigenvalue weighted by atomic mass is 19.1. The molecule has 0 fully saturated rings. The molecule has 0 aliphatic heterocycles. The number of hydrogen-bond acceptors (Lipinski definition) is 6. The number of nitrogen functional groups attached to an aromatic ring is 2. The van der Waals surface area contributed by atoms with Gasteiger partial charge in [-0.2, -0.15) is 19.7 Å². The zero-order valence-electron chi connectivity index (χ0n) is 13.0. The van der Waals surface area contributed by atoms with Crippen LogP contribution in [0.25, 0.3) is 17.0 Å². The van der Waals surface area contributed by atoms with Crippen molar-refractivity contribution in [2.24, 2.45) is 0 Å². The van der Waals surface area contributed by atoms with Crippen LogP contribution in [0.3, 0.4) is 0 Å². The zero-order chi connectivity index (χ0) is 17.4. The van der Waals surface area contributed by atoms with E-state index in [9.17, 15) is 4.39 Å². The van der Waals surface area contributed by atoms with Crippen LogP contribution in [0.15, 0.2) is 42.6 Å². The van der Waals surface area contributed by atoms with Crippen LogP contribution >= 0.6 is 0 Å². The molecular formula is C17H13FN7. The lowest BCUT2D eigenvalue weighted by Crippen LogP contribution is -2.08. The Labute approximate surface area is 142 Å². The van der Waals surface area contributed by atoms with Crippen LogP contribution in [0.4, 0.5) is 16.0 Å². The topological polar surface area (TPSA) is 109 Å². The summed E-state index contributed by atoms with van der Waals surface area (Å²) < 4.78 is 15.5. The standard InChI is InChI=1S/C17H13FN7/c18-11-5-2-1-4-10(11)8-12-16-13(6-3-7-21-16)25(24-12)17-22-14(19)9-15(20)23-17/h1-7H,8H2,(H4,19,20,22,23). The van der Waals surface area contributed by atoms with Gasteiger partial charge in [-0.25, -0.2) is 4.39 Å². The minimum atomic E-state index is -0.291. The van der Waals surface area contributed by atoms with Crippen molar-refractivity contribution in [2.45, 2.75) is 6.42 Å². The van der Waals surface area contributed by atoms with Gasteiger partial charge in [0.25, 0.3) is 5.95 Å². The Bertz CT molecular complexity index is 1050. The van der Waals surface area contributed by atoms with E-state index in [0.29, 0.717) is 22.3 Å². The lowest BCUT2D eigenvalue weighted by molar-refractivity contribution is 0.613. The molecule has 25 heavy (non-hydrogen) atoms. The molecule has 1 radical (unpaired) electrons. The average Bonchev–Trinajstić information content (AvgIpc) is 2.95. The largest absolute Gasteiger partial charge is 0.383 e. The quantitative estimate of drug-likeness (QED) is 0.592. The molecule has 4 N–H and O–H groups in total. The molecule has 0 saturated heterocycles. The van der Waals surface area contributed by atoms with Gasteiger partial charge in [-0.1, -0.05) is 18.2 Å². The van der Waals surface area contributed by atoms with Crippen LogP contribution in [0, 0.1) is 11.9 Å². The second-order valence-corrected chi connectivity index (χ2v) is 5.42. The second-order valence-electron chi connectivity index (χ2n) is 5.42. The number of anilines is 2. The maximum absolute atomic E-state index is 14.0. The monoisotopic (exact) mass is 334 g/mol. The van der Waals surface area contributed by atoms with Gasteiger partial charge in [0.15, 0.2) is 0 Å². The molecule has 123 valence electrons. The van der Waals surface area contributed by atoms with E-state index in [1.54, 1.807) is 30.5 Å². The van der Waals surface area contributed by atoms with E-state index in [2.05, 4.69) is 26.1 Å². The predicted molar refractivity (Wildman–Crippen MR) is 91.3 cm³/mol. The third-order valence-electron chi connectivity index (χ3n) is 3.71. The van der Waals surface area contributed by atoms with Gasteiger partial charge in [0.2, 0.25) is 0 Å². The van der Waals surface area contributed by atoms with Crippen molar-refractivity contribution in [3.05, 3.63) is 65.7 Å². The Kier molecular flexibility index (Phi) is 3.50. The second kappa shape index (κ2) is 5.82. The maximum Gasteiger partial charge on any atom is 0.255 e. The van der Waals surface area contributed by atoms with Crippen molar-refractivity contribution < 1.29 is 4.39 Å². The number of aromatic nitrogens is 5. The first-order valence-electron chi connectivity index (χ1n) is 7.50. The molecule has 0 spiro atoms. The summed E-state index contributed by atoms with van der Waals surface area (Å²) >= 11 is 0. The number of rotatable bonds is 3. The first-order valence-corrected chi connectivity index (χ1v) is 7.50. The lowest BCUT2D eigenvalue weighted by Gasteiger charge is -2.03. The van der Waals surface area contributed by atoms with Gasteiger partial charge in [0, 0.05) is 12.6 Å². The number of hydrogen-bond donors (Lipinski definition) is 2. The molecule has 0 amide bonds. The number of fused-ring (bicyclic) bond motifs is 1. The van der Waals surface area contributed by atoms with Crippen LogP contribution in [0.2, 0.25) is 0 Å². The molecule has 0 saturated carbocycles. The molecule has 0 aliphatic carbocycles. The Morgan fingerprint density at radius 1 is 1.04 bits per heavy atom. The predicted octanol–water partition coefficient (Wildman–Crippen LogP) is 1.90. The molecule has 0 atom stereocenters. The van der Waals surface area contributed by atoms with Crippen molar-refractivity contribution in [1.82, 2.24) is 24.7 Å². The van der Waals surface area contributed by atoms with Gasteiger partial charge in [0.1, 0.15) is 23.0 Å². The van der Waals surface area contributed by atoms with Gasteiger partial charge >= 0.3 is 0 Å². The first kappa shape index (κ1) is 15.0. The van der Waals surface area contributed by atoms with Gasteiger partial charge in [-0.15, -0.1) is 0 Å². The van der Waals surface area contributed by atoms with E-state index in [-0.39, 0.29) is 29.8 Å². The SMILES string of the molecule is Nc1[c]c(N)nc(-n2nc(Cc3ccccc3F)c3ncccc32)n1. The van der Waals surface area contributed by atoms with E-state index in [0.717, 1.165) is 0 Å². The minimum Gasteiger partial charge on any atom is -0.383 e. The van der Waals surface area contributed by atoms with Gasteiger partial charge in [-0.05, 0) is 23.8 Å². The summed E-state index contributed by atoms with van der Waals surface area (Å²) in [5.74, 6) is 0.156. The molecule has 4 aromatic rings. The van der Waals surface area contributed by atoms with E-state index < -0.39 is 0 Å². The third-order valence-corrected chi connectivity index (χ3v) is 3.71. The highest BCUT2D eigenvalue weighted by molar-refractivity contribution is 5.79. The number of benzene rings is 1. The molecule has 1 aromatic carbocycles. The third kappa shape index (κ3) is 2.74. The van der Waals surface area contributed by atoms with E-state index in [1.807, 2.05) is 6.07 Å². The smallest absolute Gasteiger partial charge is 0.255 e. The molecule has 0 unspecified atom stereocenters. The zero-order valence-corrected chi connectivity index (χ0v) is 13.0. The molecular weight excluding hydrogens is 321 g/mol. The van der Waals surface area contributed by atoms with Gasteiger partial charge in [-0.3, -0.25) is 4.98 Å². The fourth-order valence-corrected chi connectivity index (χ4v) is 2.63. The summed E-state index contributed by atoms with van der Waals surface area (Å²) in [6.45, 7) is 0. The van der Waals surface area contributed by atoms with Gasteiger partial charge < -0.3 is 11.5 Å². The average molecular weight is 334 g/mol. The Morgan fingerprint density at radius 2 is 1.80 bits per heavy atom. The molecule has 3 heterocycles. The Hall–Kier alpha value is -3.55. The van der Waals surface area contributed by atoms with Crippen LogP contribution < -0.4 is 11.5 Å². The van der Waals surface area contributed by atoms with Crippen LogP contribution in [-0.4, -0.2) is 24.7 Å². The molecule has 8 heteroatoms. The fraction of sp³-hybridized carbons (Fsp3) is 0.0588. The van der Waals surface area contributed by atoms with E-state index in [1.165, 1.54) is 10.7 Å². The van der Waals surface area contributed by atoms with Crippen LogP contribution in [0.1, 0.15) is 11.3 Å². The van der Waals surface area contributed by atoms with E-state index >= 15 is 0 Å². The Morgan fingerprint density at radius 3 is 2.56 bits per heavy atom. The maximum atomic E-state index is 14.0. The van der Waals surface area contributed by atoms with Crippen molar-refractivity contribution in [3.8, 4) is 5.95 Å². The molecule has 0 bridgehead atoms. The highest BCUT2D eigenvalue weighted by Crippen LogP contribution is 2.22. The normalized spacial score (nSPS) is 11.1. The number of halogens is 1. The molecule has 0 aliphatic rings. The van der Waals surface area contributed by atoms with Crippen LogP contribution in [0.5, 0.6) is 0 Å². The summed E-state index contributed by atoms with van der Waals surface area (Å²) in [7, 11) is 0. The number of nitrogens with two attached hydrogens (primary N) is 2. The van der Waals surface area contributed by atoms with Crippen molar-refractivity contribution in [1.29, 1.82) is 0 Å². The summed E-state index contributed by atoms with van der Waals surface area (Å²) in [5, 5.41) is 4.52. The summed E-state index contributed by atoms with van der Waals surface area (Å²) in [4.78, 5) is 12.6. The van der Waals surface area contributed by atoms with Crippen molar-refractivity contribution >= 4 is 22.7 Å². The summed E-state index contributed by atoms with van der Waals surface area (Å²) in [6.07, 6.45) is 1.94. The first-order chi connectivity index (χ1) is 12.1. The minimum absolute atomic E-state index is 0.116. The number of pyridine rings is 1. The highest BCUT2D eigenvalue weighted by Gasteiger charge is 2.16. The summed E-state index contributed by atoms with van der Waals surface area (Å²) in [5.41, 5.74) is 13.8.